The molecule has 0 saturated heterocycles. The monoisotopic (exact) mass is 441 g/mol. The molecule has 2 atom stereocenters. The number of aliphatic imine (C=N–C) groups is 1. The molecule has 2 aromatic rings. The van der Waals surface area contributed by atoms with E-state index in [0.29, 0.717) is 40.3 Å². The first-order valence-electron chi connectivity index (χ1n) is 10.0. The average molecular weight is 442 g/mol. The minimum Gasteiger partial charge on any atom is -0.486 e. The number of nitrogens with zero attached hydrogens (tertiary/aromatic N) is 3. The lowest BCUT2D eigenvalue weighted by Crippen LogP contribution is -2.49. The SMILES string of the molecule is COc1ccc2c(n1)C1(CO2)OC(=S)N(CC2CN=C(C(C)C)S2)c2ccccc21. The Kier molecular flexibility index (Phi) is 4.86. The van der Waals surface area contributed by atoms with E-state index < -0.39 is 5.60 Å². The van der Waals surface area contributed by atoms with Gasteiger partial charge in [0, 0.05) is 29.3 Å². The Bertz CT molecular complexity index is 1040. The molecular weight excluding hydrogens is 418 g/mol. The zero-order valence-corrected chi connectivity index (χ0v) is 18.8. The fourth-order valence-corrected chi connectivity index (χ4v) is 5.56. The van der Waals surface area contributed by atoms with Crippen LogP contribution in [0.5, 0.6) is 11.6 Å². The van der Waals surface area contributed by atoms with Crippen molar-refractivity contribution in [2.45, 2.75) is 24.7 Å². The molecule has 0 bridgehead atoms. The number of hydrogen-bond donors (Lipinski definition) is 0. The van der Waals surface area contributed by atoms with Crippen LogP contribution in [0.3, 0.4) is 0 Å². The maximum atomic E-state index is 6.45. The van der Waals surface area contributed by atoms with Gasteiger partial charge in [0.2, 0.25) is 11.5 Å². The minimum atomic E-state index is -0.865. The van der Waals surface area contributed by atoms with E-state index in [1.54, 1.807) is 13.2 Å². The minimum absolute atomic E-state index is 0.326. The van der Waals surface area contributed by atoms with Crippen molar-refractivity contribution in [3.63, 3.8) is 0 Å². The molecule has 1 aromatic heterocycles. The number of para-hydroxylation sites is 1. The van der Waals surface area contributed by atoms with Gasteiger partial charge in [-0.25, -0.2) is 4.98 Å². The van der Waals surface area contributed by atoms with E-state index in [4.69, 9.17) is 31.4 Å². The maximum Gasteiger partial charge on any atom is 0.265 e. The first kappa shape index (κ1) is 19.6. The zero-order valence-electron chi connectivity index (χ0n) is 17.1. The van der Waals surface area contributed by atoms with Crippen molar-refractivity contribution in [2.75, 3.05) is 31.7 Å². The van der Waals surface area contributed by atoms with Crippen LogP contribution in [0.1, 0.15) is 25.1 Å². The Morgan fingerprint density at radius 1 is 1.30 bits per heavy atom. The number of fused-ring (bicyclic) bond motifs is 4. The van der Waals surface area contributed by atoms with Crippen molar-refractivity contribution in [1.29, 1.82) is 0 Å². The van der Waals surface area contributed by atoms with Crippen molar-refractivity contribution in [3.8, 4) is 11.6 Å². The highest BCUT2D eigenvalue weighted by Crippen LogP contribution is 2.50. The summed E-state index contributed by atoms with van der Waals surface area (Å²) < 4.78 is 17.8. The third-order valence-corrected chi connectivity index (χ3v) is 7.36. The van der Waals surface area contributed by atoms with Crippen molar-refractivity contribution in [3.05, 3.63) is 47.7 Å². The van der Waals surface area contributed by atoms with Crippen LogP contribution in [-0.4, -0.2) is 47.3 Å². The van der Waals surface area contributed by atoms with Gasteiger partial charge in [0.25, 0.3) is 5.17 Å². The number of methoxy groups -OCH3 is 1. The van der Waals surface area contributed by atoms with Crippen LogP contribution >= 0.6 is 24.0 Å². The van der Waals surface area contributed by atoms with E-state index in [1.807, 2.05) is 30.0 Å². The summed E-state index contributed by atoms with van der Waals surface area (Å²) in [7, 11) is 1.60. The fraction of sp³-hybridized carbons (Fsp3) is 0.409. The predicted molar refractivity (Wildman–Crippen MR) is 123 cm³/mol. The fourth-order valence-electron chi connectivity index (χ4n) is 4.11. The number of aromatic nitrogens is 1. The van der Waals surface area contributed by atoms with Crippen molar-refractivity contribution in [2.24, 2.45) is 10.9 Å². The molecule has 0 fully saturated rings. The Labute approximate surface area is 185 Å². The zero-order chi connectivity index (χ0) is 20.9. The van der Waals surface area contributed by atoms with Gasteiger partial charge in [-0.15, -0.1) is 11.8 Å². The molecule has 3 aliphatic rings. The van der Waals surface area contributed by atoms with E-state index in [9.17, 15) is 0 Å². The number of rotatable bonds is 4. The van der Waals surface area contributed by atoms with Crippen LogP contribution in [0.25, 0.3) is 0 Å². The summed E-state index contributed by atoms with van der Waals surface area (Å²) >= 11 is 7.61. The Hall–Kier alpha value is -2.32. The lowest BCUT2D eigenvalue weighted by atomic mass is 9.88. The normalized spacial score (nSPS) is 24.4. The highest BCUT2D eigenvalue weighted by Gasteiger charge is 2.52. The van der Waals surface area contributed by atoms with Crippen molar-refractivity contribution < 1.29 is 14.2 Å². The summed E-state index contributed by atoms with van der Waals surface area (Å²) in [6.07, 6.45) is 0. The second kappa shape index (κ2) is 7.42. The molecule has 0 N–H and O–H groups in total. The van der Waals surface area contributed by atoms with Crippen LogP contribution in [0, 0.1) is 5.92 Å². The molecule has 5 rings (SSSR count). The molecule has 0 radical (unpaired) electrons. The summed E-state index contributed by atoms with van der Waals surface area (Å²) in [6.45, 7) is 6.23. The van der Waals surface area contributed by atoms with Crippen LogP contribution in [-0.2, 0) is 10.3 Å². The summed E-state index contributed by atoms with van der Waals surface area (Å²) in [6, 6.07) is 11.9. The molecule has 2 unspecified atom stereocenters. The first-order chi connectivity index (χ1) is 14.5. The van der Waals surface area contributed by atoms with Gasteiger partial charge in [-0.1, -0.05) is 32.0 Å². The molecule has 1 spiro atoms. The van der Waals surface area contributed by atoms with Crippen LogP contribution in [0.4, 0.5) is 5.69 Å². The number of pyridine rings is 1. The molecule has 156 valence electrons. The number of thioether (sulfide) groups is 1. The van der Waals surface area contributed by atoms with E-state index >= 15 is 0 Å². The number of hydrogen-bond acceptors (Lipinski definition) is 7. The van der Waals surface area contributed by atoms with E-state index in [0.717, 1.165) is 24.3 Å². The summed E-state index contributed by atoms with van der Waals surface area (Å²) in [5, 5.41) is 1.99. The molecule has 3 aliphatic heterocycles. The van der Waals surface area contributed by atoms with Gasteiger partial charge < -0.3 is 19.1 Å². The van der Waals surface area contributed by atoms with Gasteiger partial charge >= 0.3 is 0 Å². The Morgan fingerprint density at radius 3 is 2.90 bits per heavy atom. The largest absolute Gasteiger partial charge is 0.486 e. The van der Waals surface area contributed by atoms with Gasteiger partial charge in [-0.3, -0.25) is 4.99 Å². The third-order valence-electron chi connectivity index (χ3n) is 5.59. The van der Waals surface area contributed by atoms with Crippen LogP contribution < -0.4 is 14.4 Å². The Morgan fingerprint density at radius 2 is 2.13 bits per heavy atom. The van der Waals surface area contributed by atoms with E-state index in [-0.39, 0.29) is 0 Å². The van der Waals surface area contributed by atoms with Gasteiger partial charge in [0.05, 0.1) is 24.4 Å². The van der Waals surface area contributed by atoms with Crippen LogP contribution in [0.15, 0.2) is 41.4 Å². The molecule has 0 aliphatic carbocycles. The second-order valence-corrected chi connectivity index (χ2v) is 9.56. The lowest BCUT2D eigenvalue weighted by Gasteiger charge is -2.41. The van der Waals surface area contributed by atoms with Crippen LogP contribution in [0.2, 0.25) is 0 Å². The lowest BCUT2D eigenvalue weighted by molar-refractivity contribution is 0.0627. The van der Waals surface area contributed by atoms with E-state index in [2.05, 4.69) is 35.9 Å². The molecule has 8 heteroatoms. The number of thiocarbonyl (C=S) groups is 1. The quantitative estimate of drug-likeness (QED) is 0.664. The highest BCUT2D eigenvalue weighted by molar-refractivity contribution is 8.14. The Balaban J connectivity index is 1.51. The standard InChI is InChI=1S/C22H23N3O3S2/c1-13(2)20-23-10-14(30-20)11-25-16-7-5-4-6-15(16)22(28-21(25)29)12-27-17-8-9-18(26-3)24-19(17)22/h4-9,13-14H,10-12H2,1-3H3. The maximum absolute atomic E-state index is 6.45. The molecule has 30 heavy (non-hydrogen) atoms. The molecule has 0 saturated carbocycles. The molecule has 0 amide bonds. The topological polar surface area (TPSA) is 56.2 Å². The molecule has 6 nitrogen and oxygen atoms in total. The second-order valence-electron chi connectivity index (χ2n) is 7.89. The first-order valence-corrected chi connectivity index (χ1v) is 11.3. The number of ether oxygens (including phenoxy) is 3. The third kappa shape index (κ3) is 3.04. The molecular formula is C22H23N3O3S2. The number of benzene rings is 1. The predicted octanol–water partition coefficient (Wildman–Crippen LogP) is 4.02. The summed E-state index contributed by atoms with van der Waals surface area (Å²) in [5.41, 5.74) is 1.88. The highest BCUT2D eigenvalue weighted by atomic mass is 32.2. The summed E-state index contributed by atoms with van der Waals surface area (Å²) in [5.74, 6) is 1.67. The van der Waals surface area contributed by atoms with Crippen molar-refractivity contribution in [1.82, 2.24) is 4.98 Å². The van der Waals surface area contributed by atoms with Gasteiger partial charge in [0.15, 0.2) is 0 Å². The summed E-state index contributed by atoms with van der Waals surface area (Å²) in [4.78, 5) is 11.5. The smallest absolute Gasteiger partial charge is 0.265 e. The number of anilines is 1. The van der Waals surface area contributed by atoms with Gasteiger partial charge in [0.1, 0.15) is 18.1 Å². The van der Waals surface area contributed by atoms with Crippen molar-refractivity contribution >= 4 is 39.9 Å². The van der Waals surface area contributed by atoms with E-state index in [1.165, 1.54) is 5.04 Å². The molecule has 4 heterocycles. The van der Waals surface area contributed by atoms with Gasteiger partial charge in [-0.05, 0) is 24.4 Å². The molecule has 1 aromatic carbocycles. The average Bonchev–Trinajstić information content (AvgIpc) is 3.37. The van der Waals surface area contributed by atoms with Gasteiger partial charge in [-0.2, -0.15) is 0 Å².